The molecule has 7 heteroatoms. The summed E-state index contributed by atoms with van der Waals surface area (Å²) in [4.78, 5) is 11.6. The molecule has 2 unspecified atom stereocenters. The maximum absolute atomic E-state index is 11.6. The highest BCUT2D eigenvalue weighted by Gasteiger charge is 2.18. The van der Waals surface area contributed by atoms with Crippen LogP contribution in [-0.2, 0) is 14.8 Å². The summed E-state index contributed by atoms with van der Waals surface area (Å²) in [5.74, 6) is -0.326. The van der Waals surface area contributed by atoms with Gasteiger partial charge in [-0.25, -0.2) is 13.1 Å². The lowest BCUT2D eigenvalue weighted by atomic mass is 10.2. The second-order valence-corrected chi connectivity index (χ2v) is 6.31. The molecule has 0 aromatic heterocycles. The molecule has 0 aliphatic carbocycles. The van der Waals surface area contributed by atoms with Crippen LogP contribution in [-0.4, -0.2) is 43.9 Å². The maximum atomic E-state index is 11.6. The van der Waals surface area contributed by atoms with Crippen molar-refractivity contribution in [2.45, 2.75) is 52.2 Å². The van der Waals surface area contributed by atoms with Gasteiger partial charge in [-0.1, -0.05) is 6.92 Å². The van der Waals surface area contributed by atoms with Crippen molar-refractivity contribution in [3.8, 4) is 0 Å². The highest BCUT2D eigenvalue weighted by molar-refractivity contribution is 7.89. The molecule has 0 aliphatic heterocycles. The van der Waals surface area contributed by atoms with Crippen LogP contribution in [0.15, 0.2) is 0 Å². The molecule has 18 heavy (non-hydrogen) atoms. The van der Waals surface area contributed by atoms with Crippen LogP contribution in [0.3, 0.4) is 0 Å². The summed E-state index contributed by atoms with van der Waals surface area (Å²) in [6.45, 7) is 5.39. The Balaban J connectivity index is 3.97. The molecule has 0 fully saturated rings. The van der Waals surface area contributed by atoms with Gasteiger partial charge in [-0.2, -0.15) is 0 Å². The first-order chi connectivity index (χ1) is 8.28. The number of nitrogens with one attached hydrogen (secondary N) is 2. The largest absolute Gasteiger partial charge is 0.393 e. The van der Waals surface area contributed by atoms with Crippen molar-refractivity contribution in [1.29, 1.82) is 0 Å². The molecule has 0 saturated carbocycles. The fraction of sp³-hybridized carbons (Fsp3) is 0.909. The third-order valence-electron chi connectivity index (χ3n) is 2.32. The number of sulfonamides is 1. The lowest BCUT2D eigenvalue weighted by Gasteiger charge is -2.14. The van der Waals surface area contributed by atoms with Crippen LogP contribution >= 0.6 is 0 Å². The first kappa shape index (κ1) is 17.3. The molecular weight excluding hydrogens is 256 g/mol. The van der Waals surface area contributed by atoms with Gasteiger partial charge in [-0.3, -0.25) is 4.79 Å². The second-order valence-electron chi connectivity index (χ2n) is 4.44. The van der Waals surface area contributed by atoms with Gasteiger partial charge in [0.05, 0.1) is 17.9 Å². The van der Waals surface area contributed by atoms with Gasteiger partial charge >= 0.3 is 0 Å². The van der Waals surface area contributed by atoms with E-state index in [1.807, 2.05) is 0 Å². The Hall–Kier alpha value is -0.660. The van der Waals surface area contributed by atoms with Crippen LogP contribution in [0.1, 0.15) is 40.0 Å². The molecule has 108 valence electrons. The van der Waals surface area contributed by atoms with E-state index in [2.05, 4.69) is 10.0 Å². The highest BCUT2D eigenvalue weighted by Crippen LogP contribution is 1.95. The van der Waals surface area contributed by atoms with Crippen LogP contribution in [0, 0.1) is 0 Å². The Kier molecular flexibility index (Phi) is 8.13. The van der Waals surface area contributed by atoms with Crippen molar-refractivity contribution in [2.24, 2.45) is 0 Å². The summed E-state index contributed by atoms with van der Waals surface area (Å²) in [5.41, 5.74) is 0. The molecule has 1 amide bonds. The smallest absolute Gasteiger partial charge is 0.237 e. The molecule has 0 bridgehead atoms. The number of carbonyl (C=O) groups excluding carboxylic acids is 1. The Bertz CT molecular complexity index is 341. The predicted molar refractivity (Wildman–Crippen MR) is 70.6 cm³/mol. The summed E-state index contributed by atoms with van der Waals surface area (Å²) >= 11 is 0. The molecular formula is C11H24N2O4S. The van der Waals surface area contributed by atoms with Crippen molar-refractivity contribution in [2.75, 3.05) is 12.3 Å². The van der Waals surface area contributed by atoms with Crippen LogP contribution in [0.4, 0.5) is 0 Å². The molecule has 0 aromatic carbocycles. The number of hydrogen-bond donors (Lipinski definition) is 3. The van der Waals surface area contributed by atoms with Gasteiger partial charge < -0.3 is 10.4 Å². The first-order valence-electron chi connectivity index (χ1n) is 6.24. The lowest BCUT2D eigenvalue weighted by molar-refractivity contribution is -0.122. The molecule has 0 aromatic rings. The van der Waals surface area contributed by atoms with Crippen molar-refractivity contribution in [3.05, 3.63) is 0 Å². The number of aliphatic hydroxyl groups excluding tert-OH is 1. The fourth-order valence-corrected chi connectivity index (χ4v) is 2.71. The molecule has 0 heterocycles. The third-order valence-corrected chi connectivity index (χ3v) is 3.98. The van der Waals surface area contributed by atoms with Crippen molar-refractivity contribution in [3.63, 3.8) is 0 Å². The van der Waals surface area contributed by atoms with Crippen LogP contribution in [0.25, 0.3) is 0 Å². The topological polar surface area (TPSA) is 95.5 Å². The first-order valence-corrected chi connectivity index (χ1v) is 7.89. The monoisotopic (exact) mass is 280 g/mol. The highest BCUT2D eigenvalue weighted by atomic mass is 32.2. The third kappa shape index (κ3) is 8.43. The summed E-state index contributed by atoms with van der Waals surface area (Å²) < 4.78 is 25.2. The number of aliphatic hydroxyl groups is 1. The second kappa shape index (κ2) is 8.44. The molecule has 0 spiro atoms. The van der Waals surface area contributed by atoms with Crippen LogP contribution < -0.4 is 10.0 Å². The van der Waals surface area contributed by atoms with Crippen molar-refractivity contribution < 1.29 is 18.3 Å². The van der Waals surface area contributed by atoms with E-state index in [9.17, 15) is 13.2 Å². The van der Waals surface area contributed by atoms with E-state index in [1.54, 1.807) is 13.8 Å². The van der Waals surface area contributed by atoms with Gasteiger partial charge in [0, 0.05) is 6.54 Å². The Morgan fingerprint density at radius 3 is 2.44 bits per heavy atom. The molecule has 0 radical (unpaired) electrons. The standard InChI is InChI=1S/C11H24N2O4S/c1-4-8-18(16,17)13-10(3)11(15)12-7-5-6-9(2)14/h9-10,13-14H,4-8H2,1-3H3,(H,12,15). The molecule has 0 rings (SSSR count). The molecule has 2 atom stereocenters. The van der Waals surface area contributed by atoms with E-state index >= 15 is 0 Å². The van der Waals surface area contributed by atoms with E-state index in [0.717, 1.165) is 0 Å². The number of amides is 1. The van der Waals surface area contributed by atoms with Gasteiger partial charge in [0.25, 0.3) is 0 Å². The fourth-order valence-electron chi connectivity index (χ4n) is 1.41. The van der Waals surface area contributed by atoms with E-state index in [4.69, 9.17) is 5.11 Å². The Morgan fingerprint density at radius 2 is 1.94 bits per heavy atom. The van der Waals surface area contributed by atoms with Gasteiger partial charge in [0.1, 0.15) is 0 Å². The molecule has 3 N–H and O–H groups in total. The molecule has 6 nitrogen and oxygen atoms in total. The zero-order chi connectivity index (χ0) is 14.2. The SMILES string of the molecule is CCCS(=O)(=O)NC(C)C(=O)NCCCC(C)O. The van der Waals surface area contributed by atoms with Gasteiger partial charge in [-0.15, -0.1) is 0 Å². The van der Waals surface area contributed by atoms with Gasteiger partial charge in [0.2, 0.25) is 15.9 Å². The van der Waals surface area contributed by atoms with E-state index < -0.39 is 16.1 Å². The molecule has 0 saturated heterocycles. The zero-order valence-corrected chi connectivity index (χ0v) is 12.1. The maximum Gasteiger partial charge on any atom is 0.237 e. The minimum absolute atomic E-state index is 0.0205. The average Bonchev–Trinajstić information content (AvgIpc) is 2.22. The zero-order valence-electron chi connectivity index (χ0n) is 11.3. The number of hydrogen-bond acceptors (Lipinski definition) is 4. The average molecular weight is 280 g/mol. The minimum Gasteiger partial charge on any atom is -0.393 e. The van der Waals surface area contributed by atoms with Crippen LogP contribution in [0.2, 0.25) is 0 Å². The molecule has 0 aliphatic rings. The summed E-state index contributed by atoms with van der Waals surface area (Å²) in [6, 6.07) is -0.770. The Labute approximate surface area is 109 Å². The van der Waals surface area contributed by atoms with Gasteiger partial charge in [-0.05, 0) is 33.1 Å². The van der Waals surface area contributed by atoms with Crippen LogP contribution in [0.5, 0.6) is 0 Å². The van der Waals surface area contributed by atoms with Gasteiger partial charge in [0.15, 0.2) is 0 Å². The Morgan fingerprint density at radius 1 is 1.33 bits per heavy atom. The quantitative estimate of drug-likeness (QED) is 0.517. The summed E-state index contributed by atoms with van der Waals surface area (Å²) in [6.07, 6.45) is 1.40. The normalized spacial score (nSPS) is 15.1. The van der Waals surface area contributed by atoms with E-state index in [0.29, 0.717) is 25.8 Å². The summed E-state index contributed by atoms with van der Waals surface area (Å²) in [7, 11) is -3.37. The van der Waals surface area contributed by atoms with E-state index in [-0.39, 0.29) is 17.8 Å². The van der Waals surface area contributed by atoms with Crippen molar-refractivity contribution >= 4 is 15.9 Å². The minimum atomic E-state index is -3.37. The van der Waals surface area contributed by atoms with E-state index in [1.165, 1.54) is 6.92 Å². The number of rotatable bonds is 9. The van der Waals surface area contributed by atoms with Crippen molar-refractivity contribution in [1.82, 2.24) is 10.0 Å². The number of carbonyl (C=O) groups is 1. The predicted octanol–water partition coefficient (Wildman–Crippen LogP) is -0.0185. The lowest BCUT2D eigenvalue weighted by Crippen LogP contribution is -2.45. The summed E-state index contributed by atoms with van der Waals surface area (Å²) in [5, 5.41) is 11.7.